The van der Waals surface area contributed by atoms with Crippen LogP contribution in [0.15, 0.2) is 18.2 Å². The van der Waals surface area contributed by atoms with Crippen molar-refractivity contribution in [2.75, 3.05) is 5.32 Å². The molecule has 6 nitrogen and oxygen atoms in total. The number of nitro benzene ring substituents is 1. The first-order valence-electron chi connectivity index (χ1n) is 5.14. The first-order chi connectivity index (χ1) is 9.29. The topological polar surface area (TPSA) is 81.5 Å². The molecule has 1 aliphatic heterocycles. The second kappa shape index (κ2) is 4.62. The van der Waals surface area contributed by atoms with Crippen LogP contribution >= 0.6 is 0 Å². The Morgan fingerprint density at radius 3 is 2.35 bits per heavy atom. The molecule has 1 aromatic carbocycles. The van der Waals surface area contributed by atoms with E-state index in [0.717, 1.165) is 18.2 Å². The lowest BCUT2D eigenvalue weighted by Crippen LogP contribution is -2.61. The minimum Gasteiger partial charge on any atom is -0.463 e. The summed E-state index contributed by atoms with van der Waals surface area (Å²) >= 11 is 0. The average molecular weight is 294 g/mol. The number of rotatable bonds is 3. The van der Waals surface area contributed by atoms with Crippen molar-refractivity contribution in [3.05, 3.63) is 28.3 Å². The van der Waals surface area contributed by atoms with E-state index in [2.05, 4.69) is 4.74 Å². The Kier molecular flexibility index (Phi) is 3.24. The number of carbonyl (C=O) groups is 1. The van der Waals surface area contributed by atoms with E-state index in [-0.39, 0.29) is 5.69 Å². The molecule has 0 saturated carbocycles. The molecule has 0 atom stereocenters. The number of nitro groups is 1. The molecule has 1 aliphatic rings. The van der Waals surface area contributed by atoms with Crippen molar-refractivity contribution in [1.82, 2.24) is 0 Å². The number of hydrogen-bond donors (Lipinski definition) is 1. The van der Waals surface area contributed by atoms with Gasteiger partial charge in [-0.2, -0.15) is 0 Å². The largest absolute Gasteiger partial charge is 0.463 e. The molecule has 10 heteroatoms. The second-order valence-corrected chi connectivity index (χ2v) is 3.89. The van der Waals surface area contributed by atoms with Crippen LogP contribution < -0.4 is 10.1 Å². The Balaban J connectivity index is 2.49. The number of benzene rings is 1. The van der Waals surface area contributed by atoms with Crippen molar-refractivity contribution in [2.45, 2.75) is 18.5 Å². The van der Waals surface area contributed by atoms with Crippen molar-refractivity contribution < 1.29 is 32.0 Å². The number of hydrogen-bond acceptors (Lipinski definition) is 4. The molecular weight excluding hydrogens is 288 g/mol. The minimum absolute atomic E-state index is 0.318. The second-order valence-electron chi connectivity index (χ2n) is 3.89. The van der Waals surface area contributed by atoms with Gasteiger partial charge in [0.1, 0.15) is 5.75 Å². The molecule has 0 saturated heterocycles. The van der Waals surface area contributed by atoms with Gasteiger partial charge in [0.15, 0.2) is 0 Å². The fraction of sp³-hybridized carbons (Fsp3) is 0.300. The third-order valence-electron chi connectivity index (χ3n) is 2.70. The van der Waals surface area contributed by atoms with E-state index in [1.54, 1.807) is 5.32 Å². The van der Waals surface area contributed by atoms with E-state index in [9.17, 15) is 32.5 Å². The average Bonchev–Trinajstić information content (AvgIpc) is 2.36. The molecule has 0 aliphatic carbocycles. The van der Waals surface area contributed by atoms with Gasteiger partial charge in [-0.05, 0) is 6.07 Å². The van der Waals surface area contributed by atoms with Gasteiger partial charge in [0.25, 0.3) is 24.4 Å². The summed E-state index contributed by atoms with van der Waals surface area (Å²) in [5.74, 6) is -2.24. The molecule has 0 spiro atoms. The minimum atomic E-state index is -3.77. The third-order valence-corrected chi connectivity index (χ3v) is 2.70. The Bertz CT molecular complexity index is 570. The number of amides is 1. The fourth-order valence-corrected chi connectivity index (χ4v) is 1.65. The highest BCUT2D eigenvalue weighted by atomic mass is 19.3. The molecule has 2 rings (SSSR count). The molecule has 0 bridgehead atoms. The molecule has 0 radical (unpaired) electrons. The van der Waals surface area contributed by atoms with Crippen molar-refractivity contribution in [3.8, 4) is 5.75 Å². The van der Waals surface area contributed by atoms with Crippen LogP contribution in [0.3, 0.4) is 0 Å². The molecule has 1 amide bonds. The highest BCUT2D eigenvalue weighted by Gasteiger charge is 2.60. The van der Waals surface area contributed by atoms with Crippen LogP contribution in [0.4, 0.5) is 28.9 Å². The van der Waals surface area contributed by atoms with Gasteiger partial charge in [-0.3, -0.25) is 14.9 Å². The van der Waals surface area contributed by atoms with Crippen molar-refractivity contribution >= 4 is 17.3 Å². The summed E-state index contributed by atoms with van der Waals surface area (Å²) in [6, 6.07) is 2.58. The van der Waals surface area contributed by atoms with Crippen LogP contribution in [-0.2, 0) is 4.79 Å². The van der Waals surface area contributed by atoms with Gasteiger partial charge in [0, 0.05) is 12.1 Å². The number of anilines is 1. The standard InChI is InChI=1S/C10H6F4N2O4/c11-7(12)10(8(13)14)9(17)15-5-3-4(16(18)19)1-2-6(5)20-10/h1-3,7-8H,(H,15,17). The van der Waals surface area contributed by atoms with Crippen molar-refractivity contribution in [2.24, 2.45) is 0 Å². The summed E-state index contributed by atoms with van der Waals surface area (Å²) < 4.78 is 55.7. The quantitative estimate of drug-likeness (QED) is 0.526. The smallest absolute Gasteiger partial charge is 0.306 e. The zero-order chi connectivity index (χ0) is 15.1. The Morgan fingerprint density at radius 2 is 1.85 bits per heavy atom. The Morgan fingerprint density at radius 1 is 1.25 bits per heavy atom. The maximum Gasteiger partial charge on any atom is 0.306 e. The lowest BCUT2D eigenvalue weighted by molar-refractivity contribution is -0.384. The summed E-state index contributed by atoms with van der Waals surface area (Å²) in [5, 5.41) is 12.3. The zero-order valence-corrected chi connectivity index (χ0v) is 9.48. The molecule has 0 aromatic heterocycles. The number of alkyl halides is 4. The van der Waals surface area contributed by atoms with Crippen LogP contribution in [-0.4, -0.2) is 29.3 Å². The van der Waals surface area contributed by atoms with E-state index >= 15 is 0 Å². The van der Waals surface area contributed by atoms with Gasteiger partial charge in [-0.1, -0.05) is 0 Å². The molecule has 0 unspecified atom stereocenters. The van der Waals surface area contributed by atoms with Crippen LogP contribution in [0.5, 0.6) is 5.75 Å². The van der Waals surface area contributed by atoms with Gasteiger partial charge in [-0.25, -0.2) is 17.6 Å². The lowest BCUT2D eigenvalue weighted by Gasteiger charge is -2.35. The van der Waals surface area contributed by atoms with Crippen molar-refractivity contribution in [1.29, 1.82) is 0 Å². The van der Waals surface area contributed by atoms with E-state index in [0.29, 0.717) is 0 Å². The molecular formula is C10H6F4N2O4. The van der Waals surface area contributed by atoms with E-state index in [1.165, 1.54) is 0 Å². The first kappa shape index (κ1) is 14.0. The van der Waals surface area contributed by atoms with Gasteiger partial charge in [0.2, 0.25) is 0 Å². The van der Waals surface area contributed by atoms with E-state index < -0.39 is 40.7 Å². The zero-order valence-electron chi connectivity index (χ0n) is 9.48. The molecule has 1 heterocycles. The fourth-order valence-electron chi connectivity index (χ4n) is 1.65. The Hall–Kier alpha value is -2.39. The number of nitrogens with one attached hydrogen (secondary N) is 1. The number of nitrogens with zero attached hydrogens (tertiary/aromatic N) is 1. The number of halogens is 4. The van der Waals surface area contributed by atoms with Crippen LogP contribution in [0.1, 0.15) is 0 Å². The predicted molar refractivity (Wildman–Crippen MR) is 57.1 cm³/mol. The van der Waals surface area contributed by atoms with Gasteiger partial charge in [0.05, 0.1) is 10.6 Å². The number of ether oxygens (including phenoxy) is 1. The molecule has 1 N–H and O–H groups in total. The van der Waals surface area contributed by atoms with Gasteiger partial charge < -0.3 is 10.1 Å². The normalized spacial score (nSPS) is 16.6. The predicted octanol–water partition coefficient (Wildman–Crippen LogP) is 2.19. The summed E-state index contributed by atoms with van der Waals surface area (Å²) in [7, 11) is 0. The van der Waals surface area contributed by atoms with E-state index in [4.69, 9.17) is 0 Å². The molecule has 20 heavy (non-hydrogen) atoms. The lowest BCUT2D eigenvalue weighted by atomic mass is 10.0. The number of non-ortho nitro benzene ring substituents is 1. The highest BCUT2D eigenvalue weighted by Crippen LogP contribution is 2.41. The molecule has 1 aromatic rings. The van der Waals surface area contributed by atoms with Crippen molar-refractivity contribution in [3.63, 3.8) is 0 Å². The highest BCUT2D eigenvalue weighted by molar-refractivity contribution is 6.01. The van der Waals surface area contributed by atoms with Crippen LogP contribution in [0.2, 0.25) is 0 Å². The SMILES string of the molecule is O=C1Nc2cc([N+](=O)[O-])ccc2OC1(C(F)F)C(F)F. The molecule has 108 valence electrons. The maximum absolute atomic E-state index is 12.8. The van der Waals surface area contributed by atoms with Crippen LogP contribution in [0.25, 0.3) is 0 Å². The maximum atomic E-state index is 12.8. The summed E-state index contributed by atoms with van der Waals surface area (Å²) in [5.41, 5.74) is -4.39. The van der Waals surface area contributed by atoms with Crippen LogP contribution in [0, 0.1) is 10.1 Å². The number of fused-ring (bicyclic) bond motifs is 1. The first-order valence-corrected chi connectivity index (χ1v) is 5.14. The molecule has 0 fully saturated rings. The summed E-state index contributed by atoms with van der Waals surface area (Å²) in [6.07, 6.45) is -7.54. The van der Waals surface area contributed by atoms with Gasteiger partial charge >= 0.3 is 5.60 Å². The summed E-state index contributed by atoms with van der Waals surface area (Å²) in [4.78, 5) is 21.2. The monoisotopic (exact) mass is 294 g/mol. The van der Waals surface area contributed by atoms with Gasteiger partial charge in [-0.15, -0.1) is 0 Å². The summed E-state index contributed by atoms with van der Waals surface area (Å²) in [6.45, 7) is 0. The number of carbonyl (C=O) groups excluding carboxylic acids is 1. The third kappa shape index (κ3) is 1.92. The van der Waals surface area contributed by atoms with E-state index in [1.807, 2.05) is 0 Å². The Labute approximate surface area is 108 Å².